The Labute approximate surface area is 286 Å². The number of hydrogen-bond donors (Lipinski definition) is 3. The van der Waals surface area contributed by atoms with Crippen molar-refractivity contribution in [2.45, 2.75) is 23.7 Å². The van der Waals surface area contributed by atoms with E-state index in [0.717, 1.165) is 20.6 Å². The third-order valence-electron chi connectivity index (χ3n) is 6.87. The van der Waals surface area contributed by atoms with Gasteiger partial charge in [-0.3, -0.25) is 14.4 Å². The molecule has 3 N–H and O–H groups in total. The van der Waals surface area contributed by atoms with Crippen LogP contribution in [-0.2, 0) is 16.2 Å². The molecule has 3 amide bonds. The number of halogens is 1. The lowest BCUT2D eigenvalue weighted by Crippen LogP contribution is -2.30. The number of hydrogen-bond acceptors (Lipinski definition) is 5. The number of carbonyl (C=O) groups is 3. The minimum Gasteiger partial charge on any atom is -0.489 e. The summed E-state index contributed by atoms with van der Waals surface area (Å²) < 4.78 is 6.82. The summed E-state index contributed by atoms with van der Waals surface area (Å²) in [6, 6.07) is 40.5. The highest BCUT2D eigenvalue weighted by Gasteiger charge is 2.17. The van der Waals surface area contributed by atoms with E-state index in [4.69, 9.17) is 4.74 Å². The van der Waals surface area contributed by atoms with Crippen molar-refractivity contribution in [3.8, 4) is 5.75 Å². The lowest BCUT2D eigenvalue weighted by atomic mass is 10.1. The average molecular weight is 707 g/mol. The average Bonchev–Trinajstić information content (AvgIpc) is 3.10. The van der Waals surface area contributed by atoms with Gasteiger partial charge < -0.3 is 20.7 Å². The first kappa shape index (κ1) is 33.2. The van der Waals surface area contributed by atoms with Crippen molar-refractivity contribution < 1.29 is 19.1 Å². The van der Waals surface area contributed by atoms with Gasteiger partial charge in [0.15, 0.2) is 0 Å². The van der Waals surface area contributed by atoms with Gasteiger partial charge >= 0.3 is 0 Å². The van der Waals surface area contributed by atoms with Crippen molar-refractivity contribution in [3.63, 3.8) is 0 Å². The topological polar surface area (TPSA) is 96.5 Å². The number of benzene rings is 5. The standard InChI is InChI=1S/C38H32BrN3O4S/c1-26(36(43)40-31-16-14-30(39)15-17-31)47-34-22-18-32(19-23-34)41-38(45)35(42-37(44)29-10-6-3-7-11-29)24-27-12-20-33(21-13-27)46-25-28-8-4-2-5-9-28/h2-24,26H,25H2,1H3,(H,40,43)(H,41,45)(H,42,44)/b35-24-. The Hall–Kier alpha value is -5.12. The van der Waals surface area contributed by atoms with Gasteiger partial charge in [-0.15, -0.1) is 11.8 Å². The molecule has 5 aromatic rings. The zero-order chi connectivity index (χ0) is 33.0. The van der Waals surface area contributed by atoms with Gasteiger partial charge in [0.25, 0.3) is 11.8 Å². The molecule has 7 nitrogen and oxygen atoms in total. The van der Waals surface area contributed by atoms with Crippen molar-refractivity contribution in [3.05, 3.63) is 160 Å². The molecule has 0 aliphatic heterocycles. The number of ether oxygens (including phenoxy) is 1. The van der Waals surface area contributed by atoms with Crippen LogP contribution in [0.4, 0.5) is 11.4 Å². The Bertz CT molecular complexity index is 1830. The summed E-state index contributed by atoms with van der Waals surface area (Å²) in [5.74, 6) is -0.323. The van der Waals surface area contributed by atoms with Gasteiger partial charge in [0.05, 0.1) is 5.25 Å². The summed E-state index contributed by atoms with van der Waals surface area (Å²) in [5.41, 5.74) is 3.53. The second-order valence-electron chi connectivity index (χ2n) is 10.5. The normalized spacial score (nSPS) is 11.7. The molecule has 0 bridgehead atoms. The number of carbonyl (C=O) groups excluding carboxylic acids is 3. The van der Waals surface area contributed by atoms with E-state index >= 15 is 0 Å². The highest BCUT2D eigenvalue weighted by Crippen LogP contribution is 2.26. The van der Waals surface area contributed by atoms with Crippen LogP contribution in [0.3, 0.4) is 0 Å². The minimum absolute atomic E-state index is 0.0773. The molecule has 5 aromatic carbocycles. The molecule has 0 aliphatic rings. The number of rotatable bonds is 12. The molecule has 236 valence electrons. The first-order valence-corrected chi connectivity index (χ1v) is 16.5. The third kappa shape index (κ3) is 10.2. The van der Waals surface area contributed by atoms with E-state index < -0.39 is 11.8 Å². The van der Waals surface area contributed by atoms with Gasteiger partial charge in [0.1, 0.15) is 18.1 Å². The maximum absolute atomic E-state index is 13.5. The predicted molar refractivity (Wildman–Crippen MR) is 192 cm³/mol. The van der Waals surface area contributed by atoms with Crippen molar-refractivity contribution >= 4 is 62.9 Å². The predicted octanol–water partition coefficient (Wildman–Crippen LogP) is 8.56. The monoisotopic (exact) mass is 705 g/mol. The molecule has 0 heterocycles. The molecule has 0 aliphatic carbocycles. The molecule has 9 heteroatoms. The van der Waals surface area contributed by atoms with Gasteiger partial charge in [-0.05, 0) is 96.9 Å². The van der Waals surface area contributed by atoms with Gasteiger partial charge in [-0.2, -0.15) is 0 Å². The van der Waals surface area contributed by atoms with Crippen LogP contribution in [0.25, 0.3) is 6.08 Å². The number of nitrogens with one attached hydrogen (secondary N) is 3. The largest absolute Gasteiger partial charge is 0.489 e. The second-order valence-corrected chi connectivity index (χ2v) is 12.8. The lowest BCUT2D eigenvalue weighted by molar-refractivity contribution is -0.115. The zero-order valence-corrected chi connectivity index (χ0v) is 27.9. The highest BCUT2D eigenvalue weighted by atomic mass is 79.9. The molecule has 0 spiro atoms. The van der Waals surface area contributed by atoms with E-state index in [0.29, 0.717) is 29.2 Å². The van der Waals surface area contributed by atoms with Crippen LogP contribution in [0.2, 0.25) is 0 Å². The van der Waals surface area contributed by atoms with Crippen LogP contribution in [0.15, 0.2) is 149 Å². The molecular weight excluding hydrogens is 674 g/mol. The van der Waals surface area contributed by atoms with Crippen molar-refractivity contribution in [2.75, 3.05) is 10.6 Å². The van der Waals surface area contributed by atoms with Gasteiger partial charge in [0, 0.05) is 26.3 Å². The molecule has 0 radical (unpaired) electrons. The van der Waals surface area contributed by atoms with E-state index in [1.807, 2.05) is 104 Å². The zero-order valence-electron chi connectivity index (χ0n) is 25.5. The number of amides is 3. The fourth-order valence-corrected chi connectivity index (χ4v) is 5.49. The Morgan fingerprint density at radius 3 is 2.00 bits per heavy atom. The fourth-order valence-electron chi connectivity index (χ4n) is 4.36. The fraction of sp³-hybridized carbons (Fsp3) is 0.0789. The molecule has 1 unspecified atom stereocenters. The molecule has 5 rings (SSSR count). The quantitative estimate of drug-likeness (QED) is 0.0893. The van der Waals surface area contributed by atoms with Crippen molar-refractivity contribution in [2.24, 2.45) is 0 Å². The van der Waals surface area contributed by atoms with E-state index in [2.05, 4.69) is 31.9 Å². The van der Waals surface area contributed by atoms with Crippen LogP contribution >= 0.6 is 27.7 Å². The smallest absolute Gasteiger partial charge is 0.272 e. The van der Waals surface area contributed by atoms with E-state index in [9.17, 15) is 14.4 Å². The van der Waals surface area contributed by atoms with Crippen molar-refractivity contribution in [1.82, 2.24) is 5.32 Å². The van der Waals surface area contributed by atoms with Crippen LogP contribution < -0.4 is 20.7 Å². The maximum atomic E-state index is 13.5. The first-order valence-electron chi connectivity index (χ1n) is 14.8. The Morgan fingerprint density at radius 1 is 0.745 bits per heavy atom. The Morgan fingerprint density at radius 2 is 1.34 bits per heavy atom. The second kappa shape index (κ2) is 16.4. The van der Waals surface area contributed by atoms with E-state index in [-0.39, 0.29) is 16.9 Å². The summed E-state index contributed by atoms with van der Waals surface area (Å²) in [6.45, 7) is 2.27. The van der Waals surface area contributed by atoms with Crippen LogP contribution in [-0.4, -0.2) is 23.0 Å². The molecule has 0 saturated heterocycles. The summed E-state index contributed by atoms with van der Waals surface area (Å²) >= 11 is 4.80. The van der Waals surface area contributed by atoms with Crippen LogP contribution in [0.5, 0.6) is 5.75 Å². The van der Waals surface area contributed by atoms with Gasteiger partial charge in [0.2, 0.25) is 5.91 Å². The van der Waals surface area contributed by atoms with Crippen LogP contribution in [0.1, 0.15) is 28.4 Å². The molecular formula is C38H32BrN3O4S. The summed E-state index contributed by atoms with van der Waals surface area (Å²) in [5, 5.41) is 8.20. The number of anilines is 2. The van der Waals surface area contributed by atoms with Gasteiger partial charge in [-0.1, -0.05) is 76.6 Å². The molecule has 47 heavy (non-hydrogen) atoms. The SMILES string of the molecule is CC(Sc1ccc(NC(=O)/C(=C/c2ccc(OCc3ccccc3)cc2)NC(=O)c2ccccc2)cc1)C(=O)Nc1ccc(Br)cc1. The highest BCUT2D eigenvalue weighted by molar-refractivity contribution is 9.10. The Kier molecular flexibility index (Phi) is 11.6. The van der Waals surface area contributed by atoms with Gasteiger partial charge in [-0.25, -0.2) is 0 Å². The molecule has 1 atom stereocenters. The molecule has 0 fully saturated rings. The van der Waals surface area contributed by atoms with E-state index in [1.165, 1.54) is 11.8 Å². The summed E-state index contributed by atoms with van der Waals surface area (Å²) in [4.78, 5) is 40.1. The maximum Gasteiger partial charge on any atom is 0.272 e. The number of thioether (sulfide) groups is 1. The minimum atomic E-state index is -0.485. The van der Waals surface area contributed by atoms with E-state index in [1.54, 1.807) is 42.5 Å². The molecule has 0 aromatic heterocycles. The Balaban J connectivity index is 1.24. The summed E-state index contributed by atoms with van der Waals surface area (Å²) in [6.07, 6.45) is 1.62. The first-order chi connectivity index (χ1) is 22.8. The third-order valence-corrected chi connectivity index (χ3v) is 8.51. The molecule has 0 saturated carbocycles. The lowest BCUT2D eigenvalue weighted by Gasteiger charge is -2.14. The summed E-state index contributed by atoms with van der Waals surface area (Å²) in [7, 11) is 0. The van der Waals surface area contributed by atoms with Crippen molar-refractivity contribution in [1.29, 1.82) is 0 Å². The van der Waals surface area contributed by atoms with Crippen LogP contribution in [0, 0.1) is 0 Å².